The highest BCUT2D eigenvalue weighted by molar-refractivity contribution is 5.80. The third-order valence-electron chi connectivity index (χ3n) is 5.35. The quantitative estimate of drug-likeness (QED) is 0.935. The fourth-order valence-electron chi connectivity index (χ4n) is 3.93. The number of carbonyl (C=O) groups excluding carboxylic acids is 1. The molecule has 25 heavy (non-hydrogen) atoms. The largest absolute Gasteiger partial charge is 0.373 e. The Morgan fingerprint density at radius 2 is 2.12 bits per heavy atom. The van der Waals surface area contributed by atoms with Crippen LogP contribution < -0.4 is 5.32 Å². The molecule has 3 atom stereocenters. The Hall–Kier alpha value is -2.14. The number of benzene rings is 1. The number of aryl methyl sites for hydroxylation is 2. The molecule has 1 amide bonds. The van der Waals surface area contributed by atoms with Crippen molar-refractivity contribution >= 4 is 5.91 Å². The molecule has 4 rings (SSSR count). The number of fused-ring (bicyclic) bond motifs is 1. The monoisotopic (exact) mass is 339 g/mol. The van der Waals surface area contributed by atoms with Gasteiger partial charge in [0, 0.05) is 38.0 Å². The Morgan fingerprint density at radius 1 is 1.28 bits per heavy atom. The summed E-state index contributed by atoms with van der Waals surface area (Å²) in [6.07, 6.45) is 7.38. The molecule has 132 valence electrons. The number of hydrogen-bond donors (Lipinski definition) is 1. The summed E-state index contributed by atoms with van der Waals surface area (Å²) >= 11 is 0. The molecule has 0 spiro atoms. The van der Waals surface area contributed by atoms with Gasteiger partial charge in [-0.05, 0) is 31.7 Å². The fraction of sp³-hybridized carbons (Fsp3) is 0.500. The molecular formula is C20H25N3O2. The minimum absolute atomic E-state index is 0.111. The highest BCUT2D eigenvalue weighted by Crippen LogP contribution is 2.34. The maximum Gasteiger partial charge on any atom is 0.226 e. The van der Waals surface area contributed by atoms with Gasteiger partial charge in [-0.25, -0.2) is 4.98 Å². The molecule has 2 aromatic rings. The van der Waals surface area contributed by atoms with E-state index in [-0.39, 0.29) is 24.0 Å². The Kier molecular flexibility index (Phi) is 4.57. The van der Waals surface area contributed by atoms with E-state index in [0.29, 0.717) is 0 Å². The average molecular weight is 339 g/mol. The van der Waals surface area contributed by atoms with E-state index in [1.807, 2.05) is 12.4 Å². The fourth-order valence-corrected chi connectivity index (χ4v) is 3.93. The van der Waals surface area contributed by atoms with E-state index in [0.717, 1.165) is 50.2 Å². The number of nitrogens with one attached hydrogen (secondary N) is 1. The van der Waals surface area contributed by atoms with Crippen molar-refractivity contribution < 1.29 is 9.53 Å². The summed E-state index contributed by atoms with van der Waals surface area (Å²) in [5, 5.41) is 3.26. The number of hydrogen-bond acceptors (Lipinski definition) is 3. The number of imidazole rings is 1. The summed E-state index contributed by atoms with van der Waals surface area (Å²) in [6, 6.07) is 8.52. The molecule has 0 aliphatic carbocycles. The molecule has 1 aromatic carbocycles. The molecule has 5 heteroatoms. The number of rotatable bonds is 3. The van der Waals surface area contributed by atoms with Gasteiger partial charge in [-0.3, -0.25) is 4.79 Å². The van der Waals surface area contributed by atoms with Gasteiger partial charge in [0.1, 0.15) is 5.82 Å². The maximum atomic E-state index is 13.0. The second kappa shape index (κ2) is 7.00. The van der Waals surface area contributed by atoms with Gasteiger partial charge in [0.25, 0.3) is 0 Å². The van der Waals surface area contributed by atoms with Gasteiger partial charge < -0.3 is 14.6 Å². The highest BCUT2D eigenvalue weighted by atomic mass is 16.5. The zero-order valence-electron chi connectivity index (χ0n) is 14.6. The smallest absolute Gasteiger partial charge is 0.226 e. The third kappa shape index (κ3) is 3.47. The standard InChI is InChI=1S/C20H25N3O2/c1-14-4-6-15(7-5-14)19-17(3-2-12-25-19)20(24)22-16-8-9-18-21-10-11-23(18)13-16/h4-7,10-11,16-17,19H,2-3,8-9,12-13H2,1H3,(H,22,24). The van der Waals surface area contributed by atoms with Crippen LogP contribution in [0.1, 0.15) is 42.3 Å². The van der Waals surface area contributed by atoms with Crippen molar-refractivity contribution in [2.45, 2.75) is 51.3 Å². The SMILES string of the molecule is Cc1ccc(C2OCCCC2C(=O)NC2CCc3nccn3C2)cc1. The minimum atomic E-state index is -0.137. The van der Waals surface area contributed by atoms with Crippen molar-refractivity contribution in [3.05, 3.63) is 53.6 Å². The molecule has 3 heterocycles. The second-order valence-corrected chi connectivity index (χ2v) is 7.19. The van der Waals surface area contributed by atoms with Crippen LogP contribution in [0.15, 0.2) is 36.7 Å². The lowest BCUT2D eigenvalue weighted by Crippen LogP contribution is -2.45. The molecule has 2 aliphatic rings. The van der Waals surface area contributed by atoms with Gasteiger partial charge in [0.2, 0.25) is 5.91 Å². The first-order chi connectivity index (χ1) is 12.2. The summed E-state index contributed by atoms with van der Waals surface area (Å²) in [4.78, 5) is 17.3. The van der Waals surface area contributed by atoms with Gasteiger partial charge in [-0.15, -0.1) is 0 Å². The van der Waals surface area contributed by atoms with Crippen molar-refractivity contribution in [2.24, 2.45) is 5.92 Å². The van der Waals surface area contributed by atoms with Crippen LogP contribution in [0.25, 0.3) is 0 Å². The molecule has 1 saturated heterocycles. The van der Waals surface area contributed by atoms with Gasteiger partial charge >= 0.3 is 0 Å². The molecule has 0 saturated carbocycles. The van der Waals surface area contributed by atoms with E-state index in [9.17, 15) is 4.79 Å². The van der Waals surface area contributed by atoms with Crippen LogP contribution in [-0.2, 0) is 22.5 Å². The van der Waals surface area contributed by atoms with Crippen molar-refractivity contribution in [3.63, 3.8) is 0 Å². The van der Waals surface area contributed by atoms with E-state index in [2.05, 4.69) is 46.1 Å². The Balaban J connectivity index is 1.45. The number of carbonyl (C=O) groups is 1. The number of ether oxygens (including phenoxy) is 1. The average Bonchev–Trinajstić information content (AvgIpc) is 3.10. The lowest BCUT2D eigenvalue weighted by atomic mass is 9.88. The van der Waals surface area contributed by atoms with Crippen LogP contribution in [0.3, 0.4) is 0 Å². The Morgan fingerprint density at radius 3 is 2.96 bits per heavy atom. The summed E-state index contributed by atoms with van der Waals surface area (Å²) in [5.74, 6) is 1.13. The Labute approximate surface area is 148 Å². The van der Waals surface area contributed by atoms with Crippen molar-refractivity contribution in [2.75, 3.05) is 6.61 Å². The predicted octanol–water partition coefficient (Wildman–Crippen LogP) is 2.79. The number of aromatic nitrogens is 2. The molecule has 1 N–H and O–H groups in total. The van der Waals surface area contributed by atoms with E-state index in [1.165, 1.54) is 5.56 Å². The number of nitrogens with zero attached hydrogens (tertiary/aromatic N) is 2. The predicted molar refractivity (Wildman–Crippen MR) is 95.1 cm³/mol. The molecule has 1 aromatic heterocycles. The molecule has 3 unspecified atom stereocenters. The third-order valence-corrected chi connectivity index (χ3v) is 5.35. The molecular weight excluding hydrogens is 314 g/mol. The van der Waals surface area contributed by atoms with Crippen LogP contribution in [0, 0.1) is 12.8 Å². The van der Waals surface area contributed by atoms with Gasteiger partial charge in [0.05, 0.1) is 12.0 Å². The van der Waals surface area contributed by atoms with Crippen LogP contribution >= 0.6 is 0 Å². The van der Waals surface area contributed by atoms with Crippen molar-refractivity contribution in [3.8, 4) is 0 Å². The molecule has 2 aliphatic heterocycles. The summed E-state index contributed by atoms with van der Waals surface area (Å²) in [7, 11) is 0. The first kappa shape index (κ1) is 16.3. The molecule has 0 radical (unpaired) electrons. The first-order valence-electron chi connectivity index (χ1n) is 9.19. The maximum absolute atomic E-state index is 13.0. The zero-order chi connectivity index (χ0) is 17.2. The summed E-state index contributed by atoms with van der Waals surface area (Å²) in [5.41, 5.74) is 2.32. The molecule has 1 fully saturated rings. The normalized spacial score (nSPS) is 26.0. The van der Waals surface area contributed by atoms with E-state index in [4.69, 9.17) is 4.74 Å². The van der Waals surface area contributed by atoms with Crippen molar-refractivity contribution in [1.29, 1.82) is 0 Å². The lowest BCUT2D eigenvalue weighted by Gasteiger charge is -2.33. The van der Waals surface area contributed by atoms with Gasteiger partial charge in [-0.2, -0.15) is 0 Å². The molecule has 5 nitrogen and oxygen atoms in total. The van der Waals surface area contributed by atoms with Crippen LogP contribution in [0.2, 0.25) is 0 Å². The molecule has 0 bridgehead atoms. The second-order valence-electron chi connectivity index (χ2n) is 7.19. The first-order valence-corrected chi connectivity index (χ1v) is 9.19. The van der Waals surface area contributed by atoms with Crippen LogP contribution in [-0.4, -0.2) is 28.1 Å². The van der Waals surface area contributed by atoms with E-state index < -0.39 is 0 Å². The number of amides is 1. The van der Waals surface area contributed by atoms with Gasteiger partial charge in [0.15, 0.2) is 0 Å². The van der Waals surface area contributed by atoms with Crippen LogP contribution in [0.5, 0.6) is 0 Å². The minimum Gasteiger partial charge on any atom is -0.373 e. The summed E-state index contributed by atoms with van der Waals surface area (Å²) in [6.45, 7) is 3.61. The Bertz CT molecular complexity index is 738. The van der Waals surface area contributed by atoms with E-state index >= 15 is 0 Å². The van der Waals surface area contributed by atoms with Crippen molar-refractivity contribution in [1.82, 2.24) is 14.9 Å². The van der Waals surface area contributed by atoms with Gasteiger partial charge in [-0.1, -0.05) is 29.8 Å². The highest BCUT2D eigenvalue weighted by Gasteiger charge is 2.34. The van der Waals surface area contributed by atoms with Crippen LogP contribution in [0.4, 0.5) is 0 Å². The lowest BCUT2D eigenvalue weighted by molar-refractivity contribution is -0.135. The summed E-state index contributed by atoms with van der Waals surface area (Å²) < 4.78 is 8.14. The zero-order valence-corrected chi connectivity index (χ0v) is 14.6. The topological polar surface area (TPSA) is 56.1 Å². The van der Waals surface area contributed by atoms with E-state index in [1.54, 1.807) is 0 Å².